The molecule has 1 aliphatic heterocycles. The summed E-state index contributed by atoms with van der Waals surface area (Å²) in [7, 11) is 0. The quantitative estimate of drug-likeness (QED) is 0.939. The van der Waals surface area contributed by atoms with Crippen molar-refractivity contribution in [3.05, 3.63) is 42.1 Å². The molecule has 1 fully saturated rings. The van der Waals surface area contributed by atoms with Crippen molar-refractivity contribution in [1.82, 2.24) is 9.88 Å². The molecule has 0 saturated carbocycles. The maximum atomic E-state index is 12.8. The fourth-order valence-corrected chi connectivity index (χ4v) is 3.63. The van der Waals surface area contributed by atoms with Crippen LogP contribution in [0.2, 0.25) is 0 Å². The number of carbonyl (C=O) groups is 2. The van der Waals surface area contributed by atoms with Gasteiger partial charge in [-0.05, 0) is 43.5 Å². The molecule has 1 aromatic carbocycles. The van der Waals surface area contributed by atoms with Crippen LogP contribution in [0.1, 0.15) is 43.0 Å². The van der Waals surface area contributed by atoms with Crippen LogP contribution in [0, 0.1) is 5.41 Å². The second-order valence-electron chi connectivity index (χ2n) is 6.60. The molecule has 2 heterocycles. The van der Waals surface area contributed by atoms with E-state index >= 15 is 0 Å². The number of likely N-dealkylation sites (tertiary alicyclic amines) is 1. The summed E-state index contributed by atoms with van der Waals surface area (Å²) >= 11 is 0. The van der Waals surface area contributed by atoms with E-state index in [4.69, 9.17) is 5.73 Å². The van der Waals surface area contributed by atoms with E-state index in [1.165, 1.54) is 0 Å². The van der Waals surface area contributed by atoms with Gasteiger partial charge in [0.2, 0.25) is 5.91 Å². The van der Waals surface area contributed by atoms with E-state index in [2.05, 4.69) is 11.9 Å². The predicted molar refractivity (Wildman–Crippen MR) is 93.4 cm³/mol. The van der Waals surface area contributed by atoms with Crippen molar-refractivity contribution in [2.45, 2.75) is 32.6 Å². The van der Waals surface area contributed by atoms with E-state index in [0.29, 0.717) is 31.5 Å². The highest BCUT2D eigenvalue weighted by molar-refractivity contribution is 5.98. The van der Waals surface area contributed by atoms with E-state index in [0.717, 1.165) is 23.7 Å². The SMILES string of the molecule is CCCC1(C(N)=O)CCN(C(=O)c2ccc3ncccc3c2)CC1. The summed E-state index contributed by atoms with van der Waals surface area (Å²) in [6.07, 6.45) is 4.76. The van der Waals surface area contributed by atoms with Gasteiger partial charge < -0.3 is 10.6 Å². The first-order valence-electron chi connectivity index (χ1n) is 8.50. The third-order valence-corrected chi connectivity index (χ3v) is 5.11. The fourth-order valence-electron chi connectivity index (χ4n) is 3.63. The van der Waals surface area contributed by atoms with Crippen LogP contribution in [0.15, 0.2) is 36.5 Å². The van der Waals surface area contributed by atoms with Gasteiger partial charge in [-0.25, -0.2) is 0 Å². The van der Waals surface area contributed by atoms with E-state index < -0.39 is 5.41 Å². The molecule has 2 amide bonds. The Kier molecular flexibility index (Phi) is 4.51. The lowest BCUT2D eigenvalue weighted by atomic mass is 9.74. The number of rotatable bonds is 4. The smallest absolute Gasteiger partial charge is 0.253 e. The predicted octanol–water partition coefficient (Wildman–Crippen LogP) is 2.74. The number of fused-ring (bicyclic) bond motifs is 1. The Hall–Kier alpha value is -2.43. The number of carbonyl (C=O) groups excluding carboxylic acids is 2. The van der Waals surface area contributed by atoms with Crippen LogP contribution < -0.4 is 5.73 Å². The van der Waals surface area contributed by atoms with Crippen LogP contribution in [0.25, 0.3) is 10.9 Å². The Morgan fingerprint density at radius 3 is 2.67 bits per heavy atom. The van der Waals surface area contributed by atoms with Crippen LogP contribution in [0.4, 0.5) is 0 Å². The molecule has 2 aromatic rings. The molecule has 0 spiro atoms. The largest absolute Gasteiger partial charge is 0.369 e. The molecule has 2 N–H and O–H groups in total. The fraction of sp³-hybridized carbons (Fsp3) is 0.421. The Labute approximate surface area is 141 Å². The number of nitrogens with two attached hydrogens (primary N) is 1. The zero-order valence-corrected chi connectivity index (χ0v) is 14.0. The molecule has 0 radical (unpaired) electrons. The van der Waals surface area contributed by atoms with E-state index in [1.54, 1.807) is 6.20 Å². The highest BCUT2D eigenvalue weighted by Crippen LogP contribution is 2.36. The first-order chi connectivity index (χ1) is 11.6. The maximum Gasteiger partial charge on any atom is 0.253 e. The number of amides is 2. The van der Waals surface area contributed by atoms with E-state index in [9.17, 15) is 9.59 Å². The average Bonchev–Trinajstić information content (AvgIpc) is 2.61. The van der Waals surface area contributed by atoms with Gasteiger partial charge in [-0.1, -0.05) is 19.4 Å². The normalized spacial score (nSPS) is 17.0. The Bertz CT molecular complexity index is 764. The summed E-state index contributed by atoms with van der Waals surface area (Å²) in [5.74, 6) is -0.219. The minimum atomic E-state index is -0.446. The van der Waals surface area contributed by atoms with Gasteiger partial charge in [0.05, 0.1) is 10.9 Å². The van der Waals surface area contributed by atoms with Crippen molar-refractivity contribution in [1.29, 1.82) is 0 Å². The first kappa shape index (κ1) is 16.4. The number of aromatic nitrogens is 1. The summed E-state index contributed by atoms with van der Waals surface area (Å²) in [6, 6.07) is 9.39. The number of primary amides is 1. The molecule has 5 heteroatoms. The number of pyridine rings is 1. The van der Waals surface area contributed by atoms with Gasteiger partial charge in [-0.15, -0.1) is 0 Å². The molecule has 0 aliphatic carbocycles. The second kappa shape index (κ2) is 6.59. The average molecular weight is 325 g/mol. The van der Waals surface area contributed by atoms with Crippen LogP contribution in [0.5, 0.6) is 0 Å². The van der Waals surface area contributed by atoms with Crippen molar-refractivity contribution in [3.63, 3.8) is 0 Å². The van der Waals surface area contributed by atoms with Gasteiger partial charge in [-0.3, -0.25) is 14.6 Å². The molecule has 0 bridgehead atoms. The van der Waals surface area contributed by atoms with Gasteiger partial charge in [0.1, 0.15) is 0 Å². The monoisotopic (exact) mass is 325 g/mol. The lowest BCUT2D eigenvalue weighted by Gasteiger charge is -2.39. The number of hydrogen-bond donors (Lipinski definition) is 1. The molecule has 5 nitrogen and oxygen atoms in total. The number of nitrogens with zero attached hydrogens (tertiary/aromatic N) is 2. The molecule has 1 aliphatic rings. The van der Waals surface area contributed by atoms with Gasteiger partial charge >= 0.3 is 0 Å². The zero-order valence-electron chi connectivity index (χ0n) is 14.0. The molecule has 24 heavy (non-hydrogen) atoms. The Morgan fingerprint density at radius 2 is 2.00 bits per heavy atom. The lowest BCUT2D eigenvalue weighted by molar-refractivity contribution is -0.130. The maximum absolute atomic E-state index is 12.8. The van der Waals surface area contributed by atoms with Gasteiger partial charge in [0.25, 0.3) is 5.91 Å². The zero-order chi connectivity index (χ0) is 17.2. The minimum Gasteiger partial charge on any atom is -0.369 e. The highest BCUT2D eigenvalue weighted by Gasteiger charge is 2.40. The summed E-state index contributed by atoms with van der Waals surface area (Å²) in [4.78, 5) is 30.7. The van der Waals surface area contributed by atoms with Crippen molar-refractivity contribution in [3.8, 4) is 0 Å². The highest BCUT2D eigenvalue weighted by atomic mass is 16.2. The first-order valence-corrected chi connectivity index (χ1v) is 8.50. The van der Waals surface area contributed by atoms with Gasteiger partial charge in [0, 0.05) is 30.2 Å². The topological polar surface area (TPSA) is 76.3 Å². The molecule has 0 atom stereocenters. The second-order valence-corrected chi connectivity index (χ2v) is 6.60. The van der Waals surface area contributed by atoms with Crippen LogP contribution in [0.3, 0.4) is 0 Å². The Morgan fingerprint density at radius 1 is 1.25 bits per heavy atom. The third kappa shape index (κ3) is 2.98. The van der Waals surface area contributed by atoms with E-state index in [-0.39, 0.29) is 11.8 Å². The van der Waals surface area contributed by atoms with Crippen LogP contribution in [-0.2, 0) is 4.79 Å². The van der Waals surface area contributed by atoms with Crippen molar-refractivity contribution in [2.75, 3.05) is 13.1 Å². The molecule has 126 valence electrons. The Balaban J connectivity index is 1.75. The number of hydrogen-bond acceptors (Lipinski definition) is 3. The van der Waals surface area contributed by atoms with Crippen LogP contribution >= 0.6 is 0 Å². The van der Waals surface area contributed by atoms with Gasteiger partial charge in [-0.2, -0.15) is 0 Å². The van der Waals surface area contributed by atoms with Crippen molar-refractivity contribution in [2.24, 2.45) is 11.1 Å². The van der Waals surface area contributed by atoms with E-state index in [1.807, 2.05) is 35.2 Å². The third-order valence-electron chi connectivity index (χ3n) is 5.11. The lowest BCUT2D eigenvalue weighted by Crippen LogP contribution is -2.48. The molecular formula is C19H23N3O2. The summed E-state index contributed by atoms with van der Waals surface area (Å²) in [5, 5.41) is 0.956. The van der Waals surface area contributed by atoms with Crippen molar-refractivity contribution >= 4 is 22.7 Å². The molecule has 0 unspecified atom stereocenters. The number of piperidine rings is 1. The standard InChI is InChI=1S/C19H23N3O2/c1-2-7-19(18(20)24)8-11-22(12-9-19)17(23)15-5-6-16-14(13-15)4-3-10-21-16/h3-6,10,13H,2,7-9,11-12H2,1H3,(H2,20,24). The number of benzene rings is 1. The molecule has 3 rings (SSSR count). The molecule has 1 aromatic heterocycles. The summed E-state index contributed by atoms with van der Waals surface area (Å²) < 4.78 is 0. The van der Waals surface area contributed by atoms with Crippen LogP contribution in [-0.4, -0.2) is 34.8 Å². The van der Waals surface area contributed by atoms with Crippen molar-refractivity contribution < 1.29 is 9.59 Å². The van der Waals surface area contributed by atoms with Gasteiger partial charge in [0.15, 0.2) is 0 Å². The molecule has 1 saturated heterocycles. The summed E-state index contributed by atoms with van der Waals surface area (Å²) in [6.45, 7) is 3.21. The minimum absolute atomic E-state index is 0.00956. The molecular weight excluding hydrogens is 302 g/mol. The summed E-state index contributed by atoms with van der Waals surface area (Å²) in [5.41, 5.74) is 6.73.